The van der Waals surface area contributed by atoms with Crippen LogP contribution in [0.5, 0.6) is 11.5 Å². The second-order valence-corrected chi connectivity index (χ2v) is 4.43. The maximum atomic E-state index is 11.7. The second kappa shape index (κ2) is 5.18. The molecule has 0 amide bonds. The molecule has 2 rings (SSSR count). The highest BCUT2D eigenvalue weighted by molar-refractivity contribution is 5.67. The number of nitrogens with zero attached hydrogens (tertiary/aromatic N) is 1. The zero-order valence-corrected chi connectivity index (χ0v) is 11.6. The molecule has 1 aromatic heterocycles. The molecule has 19 heavy (non-hydrogen) atoms. The molecule has 0 unspecified atom stereocenters. The van der Waals surface area contributed by atoms with Crippen LogP contribution in [0.25, 0.3) is 11.1 Å². The summed E-state index contributed by atoms with van der Waals surface area (Å²) in [5.74, 6) is 1.45. The van der Waals surface area contributed by atoms with Gasteiger partial charge in [0.05, 0.1) is 14.2 Å². The van der Waals surface area contributed by atoms with Crippen LogP contribution < -0.4 is 15.0 Å². The molecule has 2 aromatic rings. The fraction of sp³-hybridized carbons (Fsp3) is 0.267. The highest BCUT2D eigenvalue weighted by Crippen LogP contribution is 2.29. The first-order valence-electron chi connectivity index (χ1n) is 5.96. The van der Waals surface area contributed by atoms with Crippen LogP contribution in [0.1, 0.15) is 5.56 Å². The Balaban J connectivity index is 2.61. The van der Waals surface area contributed by atoms with Gasteiger partial charge in [0.2, 0.25) is 0 Å². The van der Waals surface area contributed by atoms with Crippen molar-refractivity contribution >= 4 is 0 Å². The SMILES string of the molecule is COc1cc(OC)cc(-c2cc(C)c(=O)n(C)c2)c1. The van der Waals surface area contributed by atoms with E-state index >= 15 is 0 Å². The van der Waals surface area contributed by atoms with Gasteiger partial charge in [0.15, 0.2) is 0 Å². The third kappa shape index (κ3) is 2.62. The Morgan fingerprint density at radius 3 is 2.00 bits per heavy atom. The van der Waals surface area contributed by atoms with Gasteiger partial charge in [0.25, 0.3) is 5.56 Å². The van der Waals surface area contributed by atoms with Crippen molar-refractivity contribution in [3.05, 3.63) is 46.4 Å². The summed E-state index contributed by atoms with van der Waals surface area (Å²) in [7, 11) is 4.98. The molecule has 0 atom stereocenters. The van der Waals surface area contributed by atoms with E-state index < -0.39 is 0 Å². The van der Waals surface area contributed by atoms with Crippen LogP contribution in [0.2, 0.25) is 0 Å². The third-order valence-electron chi connectivity index (χ3n) is 3.05. The number of aromatic nitrogens is 1. The number of methoxy groups -OCH3 is 2. The third-order valence-corrected chi connectivity index (χ3v) is 3.05. The van der Waals surface area contributed by atoms with Crippen molar-refractivity contribution < 1.29 is 9.47 Å². The highest BCUT2D eigenvalue weighted by atomic mass is 16.5. The van der Waals surface area contributed by atoms with Gasteiger partial charge in [-0.05, 0) is 36.2 Å². The summed E-state index contributed by atoms with van der Waals surface area (Å²) in [4.78, 5) is 11.7. The van der Waals surface area contributed by atoms with E-state index in [1.807, 2.05) is 37.4 Å². The molecule has 100 valence electrons. The molecular weight excluding hydrogens is 242 g/mol. The van der Waals surface area contributed by atoms with E-state index in [-0.39, 0.29) is 5.56 Å². The summed E-state index contributed by atoms with van der Waals surface area (Å²) in [6.07, 6.45) is 1.81. The summed E-state index contributed by atoms with van der Waals surface area (Å²) < 4.78 is 12.1. The molecular formula is C15H17NO3. The Hall–Kier alpha value is -2.23. The molecule has 0 N–H and O–H groups in total. The number of benzene rings is 1. The first kappa shape index (κ1) is 13.2. The number of rotatable bonds is 3. The fourth-order valence-corrected chi connectivity index (χ4v) is 2.01. The Labute approximate surface area is 112 Å². The van der Waals surface area contributed by atoms with Crippen LogP contribution in [-0.2, 0) is 7.05 Å². The molecule has 0 fully saturated rings. The van der Waals surface area contributed by atoms with Crippen molar-refractivity contribution in [2.24, 2.45) is 7.05 Å². The van der Waals surface area contributed by atoms with Crippen LogP contribution in [0.15, 0.2) is 35.3 Å². The molecule has 0 saturated heterocycles. The Morgan fingerprint density at radius 1 is 0.947 bits per heavy atom. The number of ether oxygens (including phenoxy) is 2. The van der Waals surface area contributed by atoms with Gasteiger partial charge >= 0.3 is 0 Å². The average molecular weight is 259 g/mol. The second-order valence-electron chi connectivity index (χ2n) is 4.43. The maximum absolute atomic E-state index is 11.7. The smallest absolute Gasteiger partial charge is 0.253 e. The van der Waals surface area contributed by atoms with Crippen molar-refractivity contribution in [3.8, 4) is 22.6 Å². The molecule has 0 aliphatic carbocycles. The van der Waals surface area contributed by atoms with E-state index in [2.05, 4.69) is 0 Å². The van der Waals surface area contributed by atoms with E-state index in [1.54, 1.807) is 25.8 Å². The fourth-order valence-electron chi connectivity index (χ4n) is 2.01. The van der Waals surface area contributed by atoms with Crippen LogP contribution in [0.4, 0.5) is 0 Å². The van der Waals surface area contributed by atoms with Gasteiger partial charge in [-0.15, -0.1) is 0 Å². The summed E-state index contributed by atoms with van der Waals surface area (Å²) in [5, 5.41) is 0. The van der Waals surface area contributed by atoms with E-state index in [4.69, 9.17) is 9.47 Å². The molecule has 1 heterocycles. The van der Waals surface area contributed by atoms with Crippen LogP contribution in [0.3, 0.4) is 0 Å². The van der Waals surface area contributed by atoms with Crippen molar-refractivity contribution in [2.45, 2.75) is 6.92 Å². The van der Waals surface area contributed by atoms with Gasteiger partial charge in [-0.25, -0.2) is 0 Å². The maximum Gasteiger partial charge on any atom is 0.253 e. The summed E-state index contributed by atoms with van der Waals surface area (Å²) >= 11 is 0. The van der Waals surface area contributed by atoms with E-state index in [0.717, 1.165) is 22.6 Å². The first-order valence-corrected chi connectivity index (χ1v) is 5.96. The molecule has 0 bridgehead atoms. The van der Waals surface area contributed by atoms with Gasteiger partial charge < -0.3 is 14.0 Å². The van der Waals surface area contributed by atoms with Gasteiger partial charge in [-0.1, -0.05) is 0 Å². The predicted octanol–water partition coefficient (Wildman–Crippen LogP) is 2.38. The number of pyridine rings is 1. The lowest BCUT2D eigenvalue weighted by Crippen LogP contribution is -2.18. The molecule has 0 aliphatic heterocycles. The van der Waals surface area contributed by atoms with Crippen molar-refractivity contribution in [3.63, 3.8) is 0 Å². The minimum atomic E-state index is 0.0126. The highest BCUT2D eigenvalue weighted by Gasteiger charge is 2.07. The topological polar surface area (TPSA) is 40.5 Å². The van der Waals surface area contributed by atoms with E-state index in [9.17, 15) is 4.79 Å². The molecule has 4 nitrogen and oxygen atoms in total. The van der Waals surface area contributed by atoms with Crippen molar-refractivity contribution in [1.29, 1.82) is 0 Å². The zero-order valence-electron chi connectivity index (χ0n) is 11.6. The van der Waals surface area contributed by atoms with Crippen LogP contribution >= 0.6 is 0 Å². The summed E-state index contributed by atoms with van der Waals surface area (Å²) in [6, 6.07) is 7.53. The van der Waals surface area contributed by atoms with Gasteiger partial charge in [-0.3, -0.25) is 4.79 Å². The number of hydrogen-bond donors (Lipinski definition) is 0. The van der Waals surface area contributed by atoms with E-state index in [1.165, 1.54) is 0 Å². The molecule has 0 radical (unpaired) electrons. The number of aryl methyl sites for hydroxylation is 2. The minimum Gasteiger partial charge on any atom is -0.497 e. The lowest BCUT2D eigenvalue weighted by molar-refractivity contribution is 0.394. The first-order chi connectivity index (χ1) is 9.05. The lowest BCUT2D eigenvalue weighted by Gasteiger charge is -2.10. The zero-order chi connectivity index (χ0) is 14.0. The van der Waals surface area contributed by atoms with Crippen molar-refractivity contribution in [1.82, 2.24) is 4.57 Å². The molecule has 0 spiro atoms. The monoisotopic (exact) mass is 259 g/mol. The average Bonchev–Trinajstić information content (AvgIpc) is 2.43. The summed E-state index contributed by atoms with van der Waals surface area (Å²) in [6.45, 7) is 1.81. The number of hydrogen-bond acceptors (Lipinski definition) is 3. The Kier molecular flexibility index (Phi) is 3.60. The summed E-state index contributed by atoms with van der Waals surface area (Å²) in [5.41, 5.74) is 2.63. The van der Waals surface area contributed by atoms with Crippen LogP contribution in [-0.4, -0.2) is 18.8 Å². The molecule has 0 aliphatic rings. The van der Waals surface area contributed by atoms with Gasteiger partial charge in [-0.2, -0.15) is 0 Å². The molecule has 0 saturated carbocycles. The Bertz CT molecular complexity index is 610. The predicted molar refractivity (Wildman–Crippen MR) is 75.0 cm³/mol. The Morgan fingerprint density at radius 2 is 1.53 bits per heavy atom. The van der Waals surface area contributed by atoms with E-state index in [0.29, 0.717) is 5.56 Å². The normalized spacial score (nSPS) is 10.3. The molecule has 4 heteroatoms. The molecule has 1 aromatic carbocycles. The quantitative estimate of drug-likeness (QED) is 0.849. The lowest BCUT2D eigenvalue weighted by atomic mass is 10.1. The van der Waals surface area contributed by atoms with Gasteiger partial charge in [0.1, 0.15) is 11.5 Å². The largest absolute Gasteiger partial charge is 0.497 e. The minimum absolute atomic E-state index is 0.0126. The van der Waals surface area contributed by atoms with Crippen molar-refractivity contribution in [2.75, 3.05) is 14.2 Å². The van der Waals surface area contributed by atoms with Crippen LogP contribution in [0, 0.1) is 6.92 Å². The van der Waals surface area contributed by atoms with Gasteiger partial charge in [0, 0.05) is 24.9 Å². The standard InChI is InChI=1S/C15H17NO3/c1-10-5-12(9-16(2)15(10)17)11-6-13(18-3)8-14(7-11)19-4/h5-9H,1-4H3.